The Balaban J connectivity index is 1.82. The highest BCUT2D eigenvalue weighted by molar-refractivity contribution is 5.91. The zero-order valence-corrected chi connectivity index (χ0v) is 15.2. The molecule has 0 aliphatic carbocycles. The summed E-state index contributed by atoms with van der Waals surface area (Å²) in [6.45, 7) is 1.67. The van der Waals surface area contributed by atoms with Crippen LogP contribution in [0.3, 0.4) is 0 Å². The average Bonchev–Trinajstić information content (AvgIpc) is 3.17. The molecule has 0 saturated heterocycles. The number of amides is 1. The first-order chi connectivity index (χ1) is 13.7. The third-order valence-electron chi connectivity index (χ3n) is 4.62. The first kappa shape index (κ1) is 18.7. The molecule has 1 amide bonds. The van der Waals surface area contributed by atoms with Gasteiger partial charge in [-0.3, -0.25) is 9.78 Å². The minimum atomic E-state index is -4.46. The molecule has 0 unspecified atom stereocenters. The lowest BCUT2D eigenvalue weighted by molar-refractivity contribution is -0.137. The molecule has 2 aromatic heterocycles. The molecule has 0 fully saturated rings. The number of aryl methyl sites for hydroxylation is 1. The third kappa shape index (κ3) is 3.44. The van der Waals surface area contributed by atoms with Crippen LogP contribution in [-0.2, 0) is 6.18 Å². The summed E-state index contributed by atoms with van der Waals surface area (Å²) in [5.41, 5.74) is 6.91. The van der Waals surface area contributed by atoms with Gasteiger partial charge in [-0.05, 0) is 42.8 Å². The highest BCUT2D eigenvalue weighted by atomic mass is 19.4. The number of hydrogen-bond donors (Lipinski definition) is 1. The molecule has 0 saturated carbocycles. The van der Waals surface area contributed by atoms with Crippen LogP contribution in [0.2, 0.25) is 0 Å². The standard InChI is InChI=1S/C21H15F3N4O/c1-12-16(15-4-2-3-5-17(15)21(22,23)24)10-13-6-7-14(11-19(13)26-12)28-9-8-18(27-28)20(25)29/h2-11H,1H3,(H2,25,29). The predicted octanol–water partition coefficient (Wildman–Crippen LogP) is 4.51. The van der Waals surface area contributed by atoms with E-state index in [1.54, 1.807) is 43.5 Å². The van der Waals surface area contributed by atoms with Crippen LogP contribution in [0.25, 0.3) is 27.7 Å². The van der Waals surface area contributed by atoms with Crippen molar-refractivity contribution in [3.05, 3.63) is 77.7 Å². The van der Waals surface area contributed by atoms with E-state index >= 15 is 0 Å². The summed E-state index contributed by atoms with van der Waals surface area (Å²) < 4.78 is 41.7. The number of nitrogens with zero attached hydrogens (tertiary/aromatic N) is 3. The fourth-order valence-corrected chi connectivity index (χ4v) is 3.23. The quantitative estimate of drug-likeness (QED) is 0.554. The van der Waals surface area contributed by atoms with Crippen molar-refractivity contribution in [1.29, 1.82) is 0 Å². The molecule has 29 heavy (non-hydrogen) atoms. The summed E-state index contributed by atoms with van der Waals surface area (Å²) in [5, 5.41) is 4.79. The predicted molar refractivity (Wildman–Crippen MR) is 103 cm³/mol. The van der Waals surface area contributed by atoms with Gasteiger partial charge >= 0.3 is 6.18 Å². The van der Waals surface area contributed by atoms with Crippen LogP contribution >= 0.6 is 0 Å². The number of carbonyl (C=O) groups excluding carboxylic acids is 1. The van der Waals surface area contributed by atoms with Crippen LogP contribution in [-0.4, -0.2) is 20.7 Å². The molecule has 0 spiro atoms. The Labute approximate surface area is 163 Å². The minimum Gasteiger partial charge on any atom is -0.364 e. The highest BCUT2D eigenvalue weighted by Gasteiger charge is 2.33. The van der Waals surface area contributed by atoms with Crippen LogP contribution in [0.15, 0.2) is 60.8 Å². The van der Waals surface area contributed by atoms with E-state index in [0.29, 0.717) is 27.8 Å². The lowest BCUT2D eigenvalue weighted by Gasteiger charge is -2.15. The average molecular weight is 396 g/mol. The number of pyridine rings is 1. The van der Waals surface area contributed by atoms with Gasteiger partial charge in [0.05, 0.1) is 16.8 Å². The van der Waals surface area contributed by atoms with E-state index in [2.05, 4.69) is 10.1 Å². The molecule has 0 atom stereocenters. The van der Waals surface area contributed by atoms with Gasteiger partial charge in [-0.2, -0.15) is 18.3 Å². The number of rotatable bonds is 3. The molecule has 146 valence electrons. The first-order valence-electron chi connectivity index (χ1n) is 8.68. The van der Waals surface area contributed by atoms with Gasteiger partial charge in [0.15, 0.2) is 0 Å². The summed E-state index contributed by atoms with van der Waals surface area (Å²) in [6, 6.07) is 13.9. The van der Waals surface area contributed by atoms with Crippen molar-refractivity contribution in [2.24, 2.45) is 5.73 Å². The number of benzene rings is 2. The van der Waals surface area contributed by atoms with Crippen molar-refractivity contribution >= 4 is 16.8 Å². The maximum atomic E-state index is 13.4. The molecule has 4 aromatic rings. The van der Waals surface area contributed by atoms with Crippen LogP contribution in [0.1, 0.15) is 21.7 Å². The second-order valence-corrected chi connectivity index (χ2v) is 6.55. The zero-order valence-electron chi connectivity index (χ0n) is 15.2. The maximum absolute atomic E-state index is 13.4. The van der Waals surface area contributed by atoms with Crippen LogP contribution in [0.4, 0.5) is 13.2 Å². The van der Waals surface area contributed by atoms with E-state index in [1.807, 2.05) is 0 Å². The summed E-state index contributed by atoms with van der Waals surface area (Å²) >= 11 is 0. The minimum absolute atomic E-state index is 0.0918. The Morgan fingerprint density at radius 1 is 1.03 bits per heavy atom. The van der Waals surface area contributed by atoms with Gasteiger partial charge in [-0.1, -0.05) is 24.3 Å². The number of aromatic nitrogens is 3. The highest BCUT2D eigenvalue weighted by Crippen LogP contribution is 2.38. The molecule has 2 N–H and O–H groups in total. The summed E-state index contributed by atoms with van der Waals surface area (Å²) in [5.74, 6) is -0.633. The smallest absolute Gasteiger partial charge is 0.364 e. The van der Waals surface area contributed by atoms with E-state index in [4.69, 9.17) is 5.73 Å². The van der Waals surface area contributed by atoms with E-state index < -0.39 is 17.6 Å². The summed E-state index contributed by atoms with van der Waals surface area (Å²) in [7, 11) is 0. The van der Waals surface area contributed by atoms with E-state index in [-0.39, 0.29) is 11.3 Å². The van der Waals surface area contributed by atoms with Gasteiger partial charge in [0.2, 0.25) is 0 Å². The number of alkyl halides is 3. The monoisotopic (exact) mass is 396 g/mol. The fourth-order valence-electron chi connectivity index (χ4n) is 3.23. The van der Waals surface area contributed by atoms with Crippen molar-refractivity contribution in [2.45, 2.75) is 13.1 Å². The molecule has 0 aliphatic heterocycles. The molecule has 8 heteroatoms. The lowest BCUT2D eigenvalue weighted by atomic mass is 9.97. The molecular weight excluding hydrogens is 381 g/mol. The van der Waals surface area contributed by atoms with Crippen LogP contribution < -0.4 is 5.73 Å². The van der Waals surface area contributed by atoms with Gasteiger partial charge in [-0.25, -0.2) is 4.68 Å². The molecule has 0 radical (unpaired) electrons. The molecular formula is C21H15F3N4O. The number of fused-ring (bicyclic) bond motifs is 1. The largest absolute Gasteiger partial charge is 0.417 e. The Bertz CT molecular complexity index is 1240. The topological polar surface area (TPSA) is 73.8 Å². The molecule has 2 heterocycles. The Morgan fingerprint density at radius 3 is 2.48 bits per heavy atom. The van der Waals surface area contributed by atoms with Crippen molar-refractivity contribution < 1.29 is 18.0 Å². The first-order valence-corrected chi connectivity index (χ1v) is 8.68. The van der Waals surface area contributed by atoms with Crippen LogP contribution in [0, 0.1) is 6.92 Å². The number of nitrogens with two attached hydrogens (primary N) is 1. The fraction of sp³-hybridized carbons (Fsp3) is 0.0952. The second kappa shape index (κ2) is 6.73. The van der Waals surface area contributed by atoms with Crippen molar-refractivity contribution in [3.63, 3.8) is 0 Å². The van der Waals surface area contributed by atoms with Gasteiger partial charge in [0.1, 0.15) is 5.69 Å². The van der Waals surface area contributed by atoms with Gasteiger partial charge < -0.3 is 5.73 Å². The number of halogens is 3. The Morgan fingerprint density at radius 2 is 1.79 bits per heavy atom. The molecule has 0 bridgehead atoms. The lowest BCUT2D eigenvalue weighted by Crippen LogP contribution is -2.12. The van der Waals surface area contributed by atoms with E-state index in [0.717, 1.165) is 6.07 Å². The summed E-state index contributed by atoms with van der Waals surface area (Å²) in [6.07, 6.45) is -2.86. The Kier molecular flexibility index (Phi) is 4.34. The van der Waals surface area contributed by atoms with Crippen LogP contribution in [0.5, 0.6) is 0 Å². The second-order valence-electron chi connectivity index (χ2n) is 6.55. The van der Waals surface area contributed by atoms with Gasteiger partial charge in [0.25, 0.3) is 5.91 Å². The van der Waals surface area contributed by atoms with Crippen molar-refractivity contribution in [1.82, 2.24) is 14.8 Å². The van der Waals surface area contributed by atoms with Gasteiger partial charge in [-0.15, -0.1) is 0 Å². The Hall–Kier alpha value is -3.68. The molecule has 5 nitrogen and oxygen atoms in total. The number of primary amides is 1. The molecule has 4 rings (SSSR count). The number of carbonyl (C=O) groups is 1. The maximum Gasteiger partial charge on any atom is 0.417 e. The zero-order chi connectivity index (χ0) is 20.8. The van der Waals surface area contributed by atoms with Crippen molar-refractivity contribution in [2.75, 3.05) is 0 Å². The SMILES string of the molecule is Cc1nc2cc(-n3ccc(C(N)=O)n3)ccc2cc1-c1ccccc1C(F)(F)F. The molecule has 0 aliphatic rings. The van der Waals surface area contributed by atoms with Crippen molar-refractivity contribution in [3.8, 4) is 16.8 Å². The number of hydrogen-bond acceptors (Lipinski definition) is 3. The third-order valence-corrected chi connectivity index (χ3v) is 4.62. The summed E-state index contributed by atoms with van der Waals surface area (Å²) in [4.78, 5) is 15.7. The normalized spacial score (nSPS) is 11.7. The molecule has 2 aromatic carbocycles. The van der Waals surface area contributed by atoms with E-state index in [9.17, 15) is 18.0 Å². The van der Waals surface area contributed by atoms with Gasteiger partial charge in [0, 0.05) is 22.8 Å². The van der Waals surface area contributed by atoms with E-state index in [1.165, 1.54) is 22.9 Å².